The number of allylic oxidation sites excluding steroid dienone is 1. The molecule has 0 aromatic heterocycles. The Labute approximate surface area is 81.3 Å². The Kier molecular flexibility index (Phi) is 4.90. The van der Waals surface area contributed by atoms with Crippen molar-refractivity contribution in [3.05, 3.63) is 35.9 Å². The molecule has 1 aromatic carbocycles. The summed E-state index contributed by atoms with van der Waals surface area (Å²) in [6.45, 7) is 11.9. The number of anilines is 1. The van der Waals surface area contributed by atoms with Crippen LogP contribution in [0.1, 0.15) is 31.9 Å². The van der Waals surface area contributed by atoms with Crippen LogP contribution in [0.15, 0.2) is 24.8 Å². The molecule has 0 aliphatic heterocycles. The van der Waals surface area contributed by atoms with Crippen molar-refractivity contribution in [2.24, 2.45) is 0 Å². The van der Waals surface area contributed by atoms with E-state index in [1.807, 2.05) is 39.0 Å². The highest BCUT2D eigenvalue weighted by molar-refractivity contribution is 5.67. The van der Waals surface area contributed by atoms with Gasteiger partial charge in [-0.05, 0) is 37.1 Å². The molecule has 72 valence electrons. The van der Waals surface area contributed by atoms with E-state index in [2.05, 4.69) is 13.5 Å². The maximum absolute atomic E-state index is 5.62. The molecule has 1 heteroatoms. The lowest BCUT2D eigenvalue weighted by molar-refractivity contribution is 1.41. The van der Waals surface area contributed by atoms with Crippen molar-refractivity contribution < 1.29 is 0 Å². The Morgan fingerprint density at radius 1 is 1.31 bits per heavy atom. The number of aryl methyl sites for hydroxylation is 1. The summed E-state index contributed by atoms with van der Waals surface area (Å²) < 4.78 is 0. The second-order valence-electron chi connectivity index (χ2n) is 2.85. The van der Waals surface area contributed by atoms with Gasteiger partial charge in [-0.25, -0.2) is 0 Å². The summed E-state index contributed by atoms with van der Waals surface area (Å²) in [6, 6.07) is 5.87. The molecule has 0 saturated carbocycles. The lowest BCUT2D eigenvalue weighted by Crippen LogP contribution is -1.89. The number of hydrogen-bond donors (Lipinski definition) is 1. The molecule has 0 aliphatic rings. The van der Waals surface area contributed by atoms with Gasteiger partial charge in [-0.2, -0.15) is 0 Å². The molecule has 0 atom stereocenters. The zero-order chi connectivity index (χ0) is 10.4. The number of rotatable bonds is 1. The fraction of sp³-hybridized carbons (Fsp3) is 0.333. The highest BCUT2D eigenvalue weighted by Gasteiger charge is 1.97. The predicted octanol–water partition coefficient (Wildman–Crippen LogP) is 3.64. The number of benzene rings is 1. The monoisotopic (exact) mass is 177 g/mol. The first-order valence-electron chi connectivity index (χ1n) is 4.63. The summed E-state index contributed by atoms with van der Waals surface area (Å²) in [6.07, 6.45) is 0. The zero-order valence-corrected chi connectivity index (χ0v) is 9.02. The molecule has 0 heterocycles. The third-order valence-electron chi connectivity index (χ3n) is 1.72. The third-order valence-corrected chi connectivity index (χ3v) is 1.72. The first-order valence-corrected chi connectivity index (χ1v) is 4.63. The quantitative estimate of drug-likeness (QED) is 0.651. The fourth-order valence-corrected chi connectivity index (χ4v) is 1.10. The van der Waals surface area contributed by atoms with E-state index in [9.17, 15) is 0 Å². The smallest absolute Gasteiger partial charge is 0.0320 e. The average molecular weight is 177 g/mol. The van der Waals surface area contributed by atoms with Crippen molar-refractivity contribution in [1.29, 1.82) is 0 Å². The minimum Gasteiger partial charge on any atom is -0.399 e. The minimum absolute atomic E-state index is 0.800. The molecule has 0 fully saturated rings. The van der Waals surface area contributed by atoms with E-state index in [1.165, 1.54) is 5.56 Å². The molecule has 0 radical (unpaired) electrons. The van der Waals surface area contributed by atoms with Crippen molar-refractivity contribution in [2.75, 3.05) is 5.73 Å². The molecule has 0 spiro atoms. The van der Waals surface area contributed by atoms with E-state index in [0.717, 1.165) is 16.8 Å². The van der Waals surface area contributed by atoms with Crippen LogP contribution >= 0.6 is 0 Å². The van der Waals surface area contributed by atoms with Gasteiger partial charge in [0.2, 0.25) is 0 Å². The van der Waals surface area contributed by atoms with Crippen LogP contribution in [0.2, 0.25) is 0 Å². The fourth-order valence-electron chi connectivity index (χ4n) is 1.10. The number of nitrogens with two attached hydrogens (primary N) is 1. The van der Waals surface area contributed by atoms with Crippen LogP contribution in [-0.4, -0.2) is 0 Å². The standard InChI is InChI=1S/C10H13N.C2H6/c1-7(2)10-6-9(11)5-4-8(10)3;1-2/h4-6H,1,11H2,2-3H3;1-2H3. The normalized spacial score (nSPS) is 8.62. The van der Waals surface area contributed by atoms with Crippen molar-refractivity contribution in [2.45, 2.75) is 27.7 Å². The summed E-state index contributed by atoms with van der Waals surface area (Å²) in [7, 11) is 0. The van der Waals surface area contributed by atoms with Crippen LogP contribution in [0.3, 0.4) is 0 Å². The van der Waals surface area contributed by atoms with Crippen LogP contribution in [0.4, 0.5) is 5.69 Å². The van der Waals surface area contributed by atoms with Gasteiger partial charge in [-0.15, -0.1) is 0 Å². The maximum Gasteiger partial charge on any atom is 0.0320 e. The Morgan fingerprint density at radius 3 is 2.23 bits per heavy atom. The molecule has 0 amide bonds. The number of nitrogen functional groups attached to an aromatic ring is 1. The van der Waals surface area contributed by atoms with Gasteiger partial charge in [0.05, 0.1) is 0 Å². The van der Waals surface area contributed by atoms with Crippen molar-refractivity contribution in [1.82, 2.24) is 0 Å². The van der Waals surface area contributed by atoms with Gasteiger partial charge >= 0.3 is 0 Å². The van der Waals surface area contributed by atoms with Crippen LogP contribution in [0.25, 0.3) is 5.57 Å². The molecule has 1 rings (SSSR count). The maximum atomic E-state index is 5.62. The van der Waals surface area contributed by atoms with E-state index in [1.54, 1.807) is 0 Å². The molecule has 0 saturated heterocycles. The van der Waals surface area contributed by atoms with E-state index < -0.39 is 0 Å². The zero-order valence-electron chi connectivity index (χ0n) is 9.02. The van der Waals surface area contributed by atoms with Crippen molar-refractivity contribution in [3.63, 3.8) is 0 Å². The van der Waals surface area contributed by atoms with Gasteiger partial charge in [0.1, 0.15) is 0 Å². The van der Waals surface area contributed by atoms with E-state index >= 15 is 0 Å². The Balaban J connectivity index is 0.000000671. The van der Waals surface area contributed by atoms with Gasteiger partial charge < -0.3 is 5.73 Å². The topological polar surface area (TPSA) is 26.0 Å². The van der Waals surface area contributed by atoms with Gasteiger partial charge in [0.25, 0.3) is 0 Å². The Bertz CT molecular complexity index is 287. The SMILES string of the molecule is C=C(C)c1cc(N)ccc1C.CC. The molecular weight excluding hydrogens is 158 g/mol. The van der Waals surface area contributed by atoms with Crippen LogP contribution in [-0.2, 0) is 0 Å². The first-order chi connectivity index (χ1) is 6.11. The molecule has 1 nitrogen and oxygen atoms in total. The largest absolute Gasteiger partial charge is 0.399 e. The highest BCUT2D eigenvalue weighted by Crippen LogP contribution is 2.19. The molecular formula is C12H19N. The second-order valence-corrected chi connectivity index (χ2v) is 2.85. The van der Waals surface area contributed by atoms with E-state index in [-0.39, 0.29) is 0 Å². The summed E-state index contributed by atoms with van der Waals surface area (Å²) in [4.78, 5) is 0. The van der Waals surface area contributed by atoms with E-state index in [4.69, 9.17) is 5.73 Å². The van der Waals surface area contributed by atoms with Gasteiger partial charge in [0.15, 0.2) is 0 Å². The van der Waals surface area contributed by atoms with Crippen LogP contribution in [0, 0.1) is 6.92 Å². The summed E-state index contributed by atoms with van der Waals surface area (Å²) >= 11 is 0. The minimum atomic E-state index is 0.800. The van der Waals surface area contributed by atoms with Crippen LogP contribution in [0.5, 0.6) is 0 Å². The summed E-state index contributed by atoms with van der Waals surface area (Å²) in [5, 5.41) is 0. The van der Waals surface area contributed by atoms with Gasteiger partial charge in [-0.3, -0.25) is 0 Å². The first kappa shape index (κ1) is 11.8. The molecule has 13 heavy (non-hydrogen) atoms. The van der Waals surface area contributed by atoms with Gasteiger partial charge in [-0.1, -0.05) is 32.1 Å². The van der Waals surface area contributed by atoms with Gasteiger partial charge in [0, 0.05) is 5.69 Å². The molecule has 0 bridgehead atoms. The Hall–Kier alpha value is -1.24. The molecule has 0 aliphatic carbocycles. The highest BCUT2D eigenvalue weighted by atomic mass is 14.5. The lowest BCUT2D eigenvalue weighted by Gasteiger charge is -2.04. The molecule has 1 aromatic rings. The van der Waals surface area contributed by atoms with Crippen molar-refractivity contribution in [3.8, 4) is 0 Å². The third kappa shape index (κ3) is 3.32. The molecule has 0 unspecified atom stereocenters. The summed E-state index contributed by atoms with van der Waals surface area (Å²) in [5.41, 5.74) is 9.87. The summed E-state index contributed by atoms with van der Waals surface area (Å²) in [5.74, 6) is 0. The second kappa shape index (κ2) is 5.41. The van der Waals surface area contributed by atoms with Crippen LogP contribution < -0.4 is 5.73 Å². The predicted molar refractivity (Wildman–Crippen MR) is 61.6 cm³/mol. The molecule has 2 N–H and O–H groups in total. The average Bonchev–Trinajstić information content (AvgIpc) is 2.12. The number of hydrogen-bond acceptors (Lipinski definition) is 1. The van der Waals surface area contributed by atoms with Crippen molar-refractivity contribution >= 4 is 11.3 Å². The lowest BCUT2D eigenvalue weighted by atomic mass is 10.0. The Morgan fingerprint density at radius 2 is 1.85 bits per heavy atom. The van der Waals surface area contributed by atoms with E-state index in [0.29, 0.717) is 0 Å².